The number of nitrogens with one attached hydrogen (secondary N) is 1. The van der Waals surface area contributed by atoms with Gasteiger partial charge in [-0.15, -0.1) is 10.2 Å². The number of aryl methyl sites for hydroxylation is 1. The molecule has 0 aliphatic carbocycles. The van der Waals surface area contributed by atoms with Crippen molar-refractivity contribution in [1.29, 1.82) is 0 Å². The van der Waals surface area contributed by atoms with Crippen LogP contribution in [0.25, 0.3) is 22.5 Å². The molecule has 41 heavy (non-hydrogen) atoms. The van der Waals surface area contributed by atoms with Crippen LogP contribution in [0.5, 0.6) is 0 Å². The van der Waals surface area contributed by atoms with Crippen molar-refractivity contribution in [3.05, 3.63) is 84.5 Å². The zero-order valence-electron chi connectivity index (χ0n) is 22.4. The fourth-order valence-corrected chi connectivity index (χ4v) is 4.87. The number of benzene rings is 1. The van der Waals surface area contributed by atoms with Crippen molar-refractivity contribution in [2.24, 2.45) is 0 Å². The SMILES string of the molecule is Cc1ccc(-c2nnn(CC(=O)N(c3cnc4ccccc4c3)[C@@H](C(=O)NC[C@@H]3CCCO3)c3ccncc3)n2)o1. The van der Waals surface area contributed by atoms with Crippen LogP contribution in [0.1, 0.15) is 30.2 Å². The lowest BCUT2D eigenvalue weighted by Gasteiger charge is -2.31. The molecular formula is C29H28N8O4. The van der Waals surface area contributed by atoms with E-state index < -0.39 is 11.9 Å². The Bertz CT molecular complexity index is 1660. The molecule has 0 radical (unpaired) electrons. The molecule has 6 rings (SSSR count). The number of tetrazole rings is 1. The zero-order chi connectivity index (χ0) is 28.2. The molecule has 4 aromatic heterocycles. The Morgan fingerprint density at radius 1 is 1.15 bits per heavy atom. The summed E-state index contributed by atoms with van der Waals surface area (Å²) < 4.78 is 11.3. The molecule has 5 heterocycles. The van der Waals surface area contributed by atoms with Crippen LogP contribution in [-0.4, -0.2) is 61.2 Å². The highest BCUT2D eigenvalue weighted by atomic mass is 16.5. The number of hydrogen-bond acceptors (Lipinski definition) is 9. The molecule has 0 unspecified atom stereocenters. The number of rotatable bonds is 9. The summed E-state index contributed by atoms with van der Waals surface area (Å²) >= 11 is 0. The molecule has 2 atom stereocenters. The third-order valence-electron chi connectivity index (χ3n) is 6.87. The average Bonchev–Trinajstić information content (AvgIpc) is 3.77. The van der Waals surface area contributed by atoms with Gasteiger partial charge in [0.05, 0.1) is 23.5 Å². The largest absolute Gasteiger partial charge is 0.458 e. The lowest BCUT2D eigenvalue weighted by Crippen LogP contribution is -2.46. The number of anilines is 1. The Balaban J connectivity index is 1.37. The quantitative estimate of drug-likeness (QED) is 0.292. The van der Waals surface area contributed by atoms with Gasteiger partial charge >= 0.3 is 0 Å². The first-order chi connectivity index (χ1) is 20.0. The van der Waals surface area contributed by atoms with Crippen molar-refractivity contribution in [3.63, 3.8) is 0 Å². The van der Waals surface area contributed by atoms with Gasteiger partial charge in [0, 0.05) is 30.9 Å². The first-order valence-electron chi connectivity index (χ1n) is 13.4. The average molecular weight is 553 g/mol. The predicted octanol–water partition coefficient (Wildman–Crippen LogP) is 3.25. The van der Waals surface area contributed by atoms with E-state index in [2.05, 4.69) is 30.7 Å². The van der Waals surface area contributed by atoms with Crippen molar-refractivity contribution >= 4 is 28.4 Å². The maximum Gasteiger partial charge on any atom is 0.251 e. The summed E-state index contributed by atoms with van der Waals surface area (Å²) in [6, 6.07) is 15.4. The fourth-order valence-electron chi connectivity index (χ4n) is 4.87. The monoisotopic (exact) mass is 552 g/mol. The predicted molar refractivity (Wildman–Crippen MR) is 148 cm³/mol. The van der Waals surface area contributed by atoms with E-state index in [4.69, 9.17) is 9.15 Å². The molecule has 1 saturated heterocycles. The number of pyridine rings is 2. The van der Waals surface area contributed by atoms with Gasteiger partial charge in [0.1, 0.15) is 18.3 Å². The molecule has 0 saturated carbocycles. The van der Waals surface area contributed by atoms with Crippen LogP contribution in [0, 0.1) is 6.92 Å². The maximum absolute atomic E-state index is 14.1. The van der Waals surface area contributed by atoms with E-state index in [-0.39, 0.29) is 24.4 Å². The second-order valence-corrected chi connectivity index (χ2v) is 9.77. The van der Waals surface area contributed by atoms with Gasteiger partial charge in [0.15, 0.2) is 5.76 Å². The van der Waals surface area contributed by atoms with E-state index in [1.165, 1.54) is 9.70 Å². The van der Waals surface area contributed by atoms with Gasteiger partial charge in [0.2, 0.25) is 11.7 Å². The van der Waals surface area contributed by atoms with Gasteiger partial charge in [-0.1, -0.05) is 18.2 Å². The molecule has 1 aliphatic heterocycles. The minimum absolute atomic E-state index is 0.0634. The molecule has 1 N–H and O–H groups in total. The third-order valence-corrected chi connectivity index (χ3v) is 6.87. The summed E-state index contributed by atoms with van der Waals surface area (Å²) in [5.41, 5.74) is 1.80. The molecular weight excluding hydrogens is 524 g/mol. The van der Waals surface area contributed by atoms with E-state index in [9.17, 15) is 9.59 Å². The number of carbonyl (C=O) groups is 2. The summed E-state index contributed by atoms with van der Waals surface area (Å²) in [6.45, 7) is 2.55. The molecule has 0 spiro atoms. The molecule has 12 nitrogen and oxygen atoms in total. The maximum atomic E-state index is 14.1. The Kier molecular flexibility index (Phi) is 7.46. The van der Waals surface area contributed by atoms with Crippen LogP contribution >= 0.6 is 0 Å². The second-order valence-electron chi connectivity index (χ2n) is 9.77. The molecule has 1 aliphatic rings. The first kappa shape index (κ1) is 26.3. The second kappa shape index (κ2) is 11.6. The molecule has 0 bridgehead atoms. The minimum Gasteiger partial charge on any atom is -0.458 e. The van der Waals surface area contributed by atoms with Crippen molar-refractivity contribution in [3.8, 4) is 11.6 Å². The summed E-state index contributed by atoms with van der Waals surface area (Å²) in [6.07, 6.45) is 6.53. The topological polar surface area (TPSA) is 141 Å². The Labute approximate surface area is 235 Å². The summed E-state index contributed by atoms with van der Waals surface area (Å²) in [7, 11) is 0. The molecule has 5 aromatic rings. The van der Waals surface area contributed by atoms with E-state index in [0.29, 0.717) is 35.9 Å². The Hall–Kier alpha value is -4.97. The number of carbonyl (C=O) groups excluding carboxylic acids is 2. The van der Waals surface area contributed by atoms with E-state index in [1.54, 1.807) is 42.9 Å². The van der Waals surface area contributed by atoms with Gasteiger partial charge in [-0.05, 0) is 66.9 Å². The lowest BCUT2D eigenvalue weighted by atomic mass is 10.0. The van der Waals surface area contributed by atoms with Gasteiger partial charge in [-0.3, -0.25) is 24.5 Å². The summed E-state index contributed by atoms with van der Waals surface area (Å²) in [5, 5.41) is 16.3. The summed E-state index contributed by atoms with van der Waals surface area (Å²) in [5.74, 6) is 0.614. The van der Waals surface area contributed by atoms with Crippen molar-refractivity contribution in [2.75, 3.05) is 18.1 Å². The lowest BCUT2D eigenvalue weighted by molar-refractivity contribution is -0.127. The van der Waals surface area contributed by atoms with Crippen LogP contribution in [0.3, 0.4) is 0 Å². The zero-order valence-corrected chi connectivity index (χ0v) is 22.4. The third kappa shape index (κ3) is 5.82. The standard InChI is InChI=1S/C29H28N8O4/c1-19-8-9-25(41-19)28-33-35-36(34-28)18-26(38)37(22-15-21-5-2-3-7-24(21)31-16-22)27(20-10-12-30-13-11-20)29(39)32-17-23-6-4-14-40-23/h2-3,5,7-13,15-16,23,27H,4,6,14,17-18H2,1H3,(H,32,39)/t23-,27+/m0/s1. The van der Waals surface area contributed by atoms with Gasteiger partial charge in [-0.25, -0.2) is 0 Å². The Morgan fingerprint density at radius 2 is 2.00 bits per heavy atom. The van der Waals surface area contributed by atoms with Crippen LogP contribution < -0.4 is 10.2 Å². The fraction of sp³-hybridized carbons (Fsp3) is 0.276. The van der Waals surface area contributed by atoms with Crippen molar-refractivity contribution in [2.45, 2.75) is 38.5 Å². The van der Waals surface area contributed by atoms with E-state index in [1.807, 2.05) is 37.3 Å². The van der Waals surface area contributed by atoms with Crippen LogP contribution in [-0.2, 0) is 20.9 Å². The van der Waals surface area contributed by atoms with E-state index >= 15 is 0 Å². The number of hydrogen-bond donors (Lipinski definition) is 1. The highest BCUT2D eigenvalue weighted by Crippen LogP contribution is 2.30. The molecule has 2 amide bonds. The molecule has 1 aromatic carbocycles. The molecule has 1 fully saturated rings. The summed E-state index contributed by atoms with van der Waals surface area (Å²) in [4.78, 5) is 39.3. The van der Waals surface area contributed by atoms with Gasteiger partial charge in [-0.2, -0.15) is 4.80 Å². The minimum atomic E-state index is -1.02. The van der Waals surface area contributed by atoms with Crippen LogP contribution in [0.2, 0.25) is 0 Å². The van der Waals surface area contributed by atoms with Crippen molar-refractivity contribution < 1.29 is 18.7 Å². The number of amides is 2. The van der Waals surface area contributed by atoms with E-state index in [0.717, 1.165) is 23.7 Å². The van der Waals surface area contributed by atoms with Crippen LogP contribution in [0.4, 0.5) is 5.69 Å². The first-order valence-corrected chi connectivity index (χ1v) is 13.4. The highest BCUT2D eigenvalue weighted by molar-refractivity contribution is 6.02. The number of aromatic nitrogens is 6. The Morgan fingerprint density at radius 3 is 2.78 bits per heavy atom. The smallest absolute Gasteiger partial charge is 0.251 e. The number of fused-ring (bicyclic) bond motifs is 1. The molecule has 208 valence electrons. The van der Waals surface area contributed by atoms with Gasteiger partial charge in [0.25, 0.3) is 5.91 Å². The normalized spacial score (nSPS) is 15.6. The number of ether oxygens (including phenoxy) is 1. The van der Waals surface area contributed by atoms with Gasteiger partial charge < -0.3 is 14.5 Å². The number of para-hydroxylation sites is 1. The molecule has 12 heteroatoms. The number of nitrogens with zero attached hydrogens (tertiary/aromatic N) is 7. The number of furan rings is 1. The highest BCUT2D eigenvalue weighted by Gasteiger charge is 2.34. The van der Waals surface area contributed by atoms with Crippen LogP contribution in [0.15, 0.2) is 77.6 Å². The van der Waals surface area contributed by atoms with Crippen molar-refractivity contribution in [1.82, 2.24) is 35.5 Å².